The SMILES string of the molecule is CC(C)(C)C(C(F)(F)OC(F)(F)C(F)(OC(F)(F)C(F)(F)S(=O)(=O)O)C(F)(F)OC(F)(F)C(F)(F)S(=O)(=O)O)C(F)(F)C(C)(C)C. The minimum atomic E-state index is -8.46. The molecule has 0 bridgehead atoms. The van der Waals surface area contributed by atoms with E-state index < -0.39 is 89.8 Å². The van der Waals surface area contributed by atoms with Gasteiger partial charge in [0.25, 0.3) is 5.92 Å². The van der Waals surface area contributed by atoms with Crippen LogP contribution in [0, 0.1) is 16.7 Å². The van der Waals surface area contributed by atoms with Gasteiger partial charge < -0.3 is 0 Å². The first-order valence-electron chi connectivity index (χ1n) is 11.0. The van der Waals surface area contributed by atoms with E-state index in [-0.39, 0.29) is 0 Å². The number of alkyl halides is 17. The molecule has 0 aliphatic heterocycles. The van der Waals surface area contributed by atoms with E-state index in [1.807, 2.05) is 0 Å². The van der Waals surface area contributed by atoms with Gasteiger partial charge in [0.2, 0.25) is 0 Å². The molecule has 0 spiro atoms. The molecule has 2 unspecified atom stereocenters. The van der Waals surface area contributed by atoms with E-state index in [2.05, 4.69) is 4.74 Å². The lowest BCUT2D eigenvalue weighted by Crippen LogP contribution is -2.69. The fourth-order valence-electron chi connectivity index (χ4n) is 3.10. The van der Waals surface area contributed by atoms with E-state index in [4.69, 9.17) is 9.11 Å². The Hall–Kier alpha value is -1.49. The monoisotopic (exact) mass is 768 g/mol. The average molecular weight is 768 g/mol. The molecule has 0 aromatic heterocycles. The molecule has 28 heteroatoms. The molecule has 0 aromatic carbocycles. The molecule has 9 nitrogen and oxygen atoms in total. The van der Waals surface area contributed by atoms with Gasteiger partial charge in [0, 0.05) is 5.41 Å². The van der Waals surface area contributed by atoms with Gasteiger partial charge in [0.15, 0.2) is 0 Å². The Morgan fingerprint density at radius 3 is 1.02 bits per heavy atom. The number of rotatable bonds is 14. The van der Waals surface area contributed by atoms with Gasteiger partial charge in [-0.25, -0.2) is 18.3 Å². The minimum Gasteiger partial charge on any atom is -0.281 e. The molecule has 0 amide bonds. The summed E-state index contributed by atoms with van der Waals surface area (Å²) in [5, 5.41) is -15.2. The summed E-state index contributed by atoms with van der Waals surface area (Å²) in [6.07, 6.45) is -39.1. The average Bonchev–Trinajstić information content (AvgIpc) is 2.66. The first kappa shape index (κ1) is 44.5. The van der Waals surface area contributed by atoms with E-state index in [1.54, 1.807) is 4.74 Å². The lowest BCUT2D eigenvalue weighted by atomic mass is 9.68. The quantitative estimate of drug-likeness (QED) is 0.142. The van der Waals surface area contributed by atoms with E-state index in [9.17, 15) is 69.5 Å². The van der Waals surface area contributed by atoms with Crippen LogP contribution in [0.5, 0.6) is 0 Å². The summed E-state index contributed by atoms with van der Waals surface area (Å²) in [6.45, 7) is 2.30. The second-order valence-corrected chi connectivity index (χ2v) is 14.1. The van der Waals surface area contributed by atoms with Crippen molar-refractivity contribution in [1.82, 2.24) is 0 Å². The standard InChI is InChI=1S/C18H21F17O9S2/c1-8(2,3)7(10(19,20)9(4,5)6)11(21,22)42-13(24,25)12(23,43-15(28,29)17(32,33)45(36,37)38)14(26,27)44-16(30,31)18(34,35)46(39,40)41/h7H,1-6H3,(H,36,37,38)(H,39,40,41). The van der Waals surface area contributed by atoms with Crippen molar-refractivity contribution in [3.05, 3.63) is 0 Å². The lowest BCUT2D eigenvalue weighted by Gasteiger charge is -2.47. The van der Waals surface area contributed by atoms with E-state index >= 15 is 22.0 Å². The number of hydrogen-bond donors (Lipinski definition) is 2. The Morgan fingerprint density at radius 1 is 0.478 bits per heavy atom. The van der Waals surface area contributed by atoms with Crippen LogP contribution in [0.2, 0.25) is 0 Å². The maximum atomic E-state index is 15.2. The van der Waals surface area contributed by atoms with E-state index in [0.717, 1.165) is 0 Å². The second-order valence-electron chi connectivity index (χ2n) is 11.2. The van der Waals surface area contributed by atoms with Crippen molar-refractivity contribution in [2.24, 2.45) is 16.7 Å². The van der Waals surface area contributed by atoms with Crippen molar-refractivity contribution in [2.45, 2.75) is 94.4 Å². The van der Waals surface area contributed by atoms with Crippen molar-refractivity contribution >= 4 is 20.2 Å². The zero-order valence-corrected chi connectivity index (χ0v) is 24.7. The van der Waals surface area contributed by atoms with Crippen LogP contribution in [0.25, 0.3) is 0 Å². The molecule has 0 aromatic rings. The highest BCUT2D eigenvalue weighted by atomic mass is 32.2. The summed E-state index contributed by atoms with van der Waals surface area (Å²) in [4.78, 5) is 0. The number of hydrogen-bond acceptors (Lipinski definition) is 7. The van der Waals surface area contributed by atoms with Crippen LogP contribution in [0.3, 0.4) is 0 Å². The maximum Gasteiger partial charge on any atom is 0.460 e. The molecular formula is C18H21F17O9S2. The maximum absolute atomic E-state index is 15.2. The summed E-state index contributed by atoms with van der Waals surface area (Å²) in [6, 6.07) is 0. The van der Waals surface area contributed by atoms with E-state index in [1.165, 1.54) is 4.74 Å². The lowest BCUT2D eigenvalue weighted by molar-refractivity contribution is -0.572. The number of halogens is 17. The Bertz CT molecular complexity index is 1340. The van der Waals surface area contributed by atoms with Crippen LogP contribution in [-0.4, -0.2) is 78.8 Å². The molecule has 0 aliphatic rings. The first-order valence-corrected chi connectivity index (χ1v) is 13.9. The van der Waals surface area contributed by atoms with Crippen molar-refractivity contribution < 1.29 is 115 Å². The molecule has 0 radical (unpaired) electrons. The van der Waals surface area contributed by atoms with Gasteiger partial charge in [-0.2, -0.15) is 82.7 Å². The highest BCUT2D eigenvalue weighted by Gasteiger charge is 2.86. The van der Waals surface area contributed by atoms with E-state index in [0.29, 0.717) is 41.5 Å². The molecule has 0 fully saturated rings. The Morgan fingerprint density at radius 2 is 0.761 bits per heavy atom. The van der Waals surface area contributed by atoms with Crippen LogP contribution in [0.1, 0.15) is 41.5 Å². The zero-order chi connectivity index (χ0) is 38.2. The topological polar surface area (TPSA) is 136 Å². The van der Waals surface area contributed by atoms with Gasteiger partial charge in [-0.15, -0.1) is 0 Å². The molecule has 0 saturated heterocycles. The van der Waals surface area contributed by atoms with Crippen molar-refractivity contribution in [3.63, 3.8) is 0 Å². The molecule has 278 valence electrons. The van der Waals surface area contributed by atoms with Gasteiger partial charge in [-0.1, -0.05) is 41.5 Å². The Labute approximate surface area is 246 Å². The third kappa shape index (κ3) is 7.70. The van der Waals surface area contributed by atoms with Crippen molar-refractivity contribution in [2.75, 3.05) is 0 Å². The minimum absolute atomic E-state index is 0.350. The van der Waals surface area contributed by atoms with Gasteiger partial charge >= 0.3 is 67.1 Å². The summed E-state index contributed by atoms with van der Waals surface area (Å²) in [5.41, 5.74) is -5.65. The molecule has 2 N–H and O–H groups in total. The molecule has 2 atom stereocenters. The van der Waals surface area contributed by atoms with Gasteiger partial charge in [-0.05, 0) is 5.41 Å². The van der Waals surface area contributed by atoms with Crippen LogP contribution in [-0.2, 0) is 34.4 Å². The van der Waals surface area contributed by atoms with Crippen molar-refractivity contribution in [1.29, 1.82) is 0 Å². The largest absolute Gasteiger partial charge is 0.460 e. The van der Waals surface area contributed by atoms with Gasteiger partial charge in [0.1, 0.15) is 5.92 Å². The normalized spacial score (nSPS) is 18.4. The molecule has 0 saturated carbocycles. The second kappa shape index (κ2) is 11.5. The van der Waals surface area contributed by atoms with Crippen LogP contribution in [0.15, 0.2) is 0 Å². The van der Waals surface area contributed by atoms with Crippen molar-refractivity contribution in [3.8, 4) is 0 Å². The summed E-state index contributed by atoms with van der Waals surface area (Å²) >= 11 is 0. The first-order chi connectivity index (χ1) is 19.2. The van der Waals surface area contributed by atoms with Crippen LogP contribution in [0.4, 0.5) is 74.6 Å². The highest BCUT2D eigenvalue weighted by molar-refractivity contribution is 7.87. The van der Waals surface area contributed by atoms with Gasteiger partial charge in [0.05, 0.1) is 0 Å². The molecule has 0 aliphatic carbocycles. The predicted octanol–water partition coefficient (Wildman–Crippen LogP) is 6.97. The smallest absolute Gasteiger partial charge is 0.281 e. The van der Waals surface area contributed by atoms with Crippen LogP contribution >= 0.6 is 0 Å². The molecule has 0 heterocycles. The highest BCUT2D eigenvalue weighted by Crippen LogP contribution is 2.60. The molecule has 0 rings (SSSR count). The summed E-state index contributed by atoms with van der Waals surface area (Å²) in [7, 11) is -15.7. The summed E-state index contributed by atoms with van der Waals surface area (Å²) < 4.78 is 306. The predicted molar refractivity (Wildman–Crippen MR) is 112 cm³/mol. The number of ether oxygens (including phenoxy) is 3. The third-order valence-corrected chi connectivity index (χ3v) is 7.20. The Balaban J connectivity index is 7.84. The fraction of sp³-hybridized carbons (Fsp3) is 1.00. The molecular weight excluding hydrogens is 747 g/mol. The van der Waals surface area contributed by atoms with Crippen LogP contribution < -0.4 is 0 Å². The van der Waals surface area contributed by atoms with Gasteiger partial charge in [-0.3, -0.25) is 13.8 Å². The molecule has 46 heavy (non-hydrogen) atoms. The summed E-state index contributed by atoms with van der Waals surface area (Å²) in [5.74, 6) is -17.8. The Kier molecular flexibility index (Phi) is 11.2. The fourth-order valence-corrected chi connectivity index (χ4v) is 3.78. The third-order valence-electron chi connectivity index (χ3n) is 5.43. The zero-order valence-electron chi connectivity index (χ0n) is 23.1.